The van der Waals surface area contributed by atoms with E-state index in [1.165, 1.54) is 38.5 Å². The van der Waals surface area contributed by atoms with E-state index < -0.39 is 0 Å². The van der Waals surface area contributed by atoms with Crippen molar-refractivity contribution in [2.75, 3.05) is 0 Å². The molecule has 0 aliphatic heterocycles. The highest BCUT2D eigenvalue weighted by Crippen LogP contribution is 2.30. The van der Waals surface area contributed by atoms with Gasteiger partial charge in [0, 0.05) is 23.5 Å². The van der Waals surface area contributed by atoms with Gasteiger partial charge in [0.05, 0.1) is 17.4 Å². The molecule has 0 radical (unpaired) electrons. The van der Waals surface area contributed by atoms with Crippen LogP contribution in [-0.2, 0) is 0 Å². The Morgan fingerprint density at radius 1 is 1.00 bits per heavy atom. The Morgan fingerprint density at radius 2 is 1.78 bits per heavy atom. The molecule has 4 nitrogen and oxygen atoms in total. The second-order valence-corrected chi connectivity index (χ2v) is 7.46. The summed E-state index contributed by atoms with van der Waals surface area (Å²) in [5.41, 5.74) is 2.88. The second kappa shape index (κ2) is 8.49. The van der Waals surface area contributed by atoms with E-state index in [1.807, 2.05) is 54.9 Å². The van der Waals surface area contributed by atoms with Gasteiger partial charge in [-0.05, 0) is 49.2 Å². The van der Waals surface area contributed by atoms with Gasteiger partial charge in [0.25, 0.3) is 0 Å². The highest BCUT2D eigenvalue weighted by molar-refractivity contribution is 6.30. The van der Waals surface area contributed by atoms with Crippen molar-refractivity contribution in [3.63, 3.8) is 0 Å². The van der Waals surface area contributed by atoms with E-state index in [-0.39, 0.29) is 0 Å². The van der Waals surface area contributed by atoms with Crippen LogP contribution in [0.2, 0.25) is 5.02 Å². The van der Waals surface area contributed by atoms with Crippen LogP contribution in [0, 0.1) is 0 Å². The van der Waals surface area contributed by atoms with Gasteiger partial charge in [-0.15, -0.1) is 0 Å². The highest BCUT2D eigenvalue weighted by Gasteiger charge is 2.13. The van der Waals surface area contributed by atoms with Crippen LogP contribution < -0.4 is 4.74 Å². The number of aromatic nitrogens is 2. The third-order valence-corrected chi connectivity index (χ3v) is 5.23. The molecule has 140 valence electrons. The van der Waals surface area contributed by atoms with Gasteiger partial charge in [0.1, 0.15) is 11.4 Å². The summed E-state index contributed by atoms with van der Waals surface area (Å²) in [4.78, 5) is 11.5. The van der Waals surface area contributed by atoms with E-state index >= 15 is 0 Å². The SMILES string of the molecule is Clc1ccc(Oc2cc(-c3ccc[nH]3)[nH]c2C=NC2CCCCCC2)cc1. The smallest absolute Gasteiger partial charge is 0.154 e. The molecule has 1 aliphatic rings. The molecule has 0 spiro atoms. The third kappa shape index (κ3) is 4.64. The molecule has 2 heterocycles. The van der Waals surface area contributed by atoms with Crippen LogP contribution in [0.25, 0.3) is 11.4 Å². The van der Waals surface area contributed by atoms with Gasteiger partial charge in [-0.25, -0.2) is 0 Å². The van der Waals surface area contributed by atoms with Crippen LogP contribution in [0.1, 0.15) is 44.2 Å². The van der Waals surface area contributed by atoms with Gasteiger partial charge in [-0.3, -0.25) is 4.99 Å². The molecule has 1 fully saturated rings. The molecule has 0 saturated heterocycles. The topological polar surface area (TPSA) is 53.2 Å². The first-order valence-corrected chi connectivity index (χ1v) is 9.99. The summed E-state index contributed by atoms with van der Waals surface area (Å²) >= 11 is 5.98. The van der Waals surface area contributed by atoms with E-state index in [0.717, 1.165) is 28.6 Å². The molecule has 2 N–H and O–H groups in total. The summed E-state index contributed by atoms with van der Waals surface area (Å²) < 4.78 is 6.11. The van der Waals surface area contributed by atoms with Gasteiger partial charge < -0.3 is 14.7 Å². The van der Waals surface area contributed by atoms with E-state index in [0.29, 0.717) is 11.1 Å². The number of halogens is 1. The molecule has 0 unspecified atom stereocenters. The Hall–Kier alpha value is -2.46. The molecule has 4 rings (SSSR count). The van der Waals surface area contributed by atoms with Crippen LogP contribution in [0.5, 0.6) is 11.5 Å². The summed E-state index contributed by atoms with van der Waals surface area (Å²) in [6.07, 6.45) is 11.4. The molecule has 0 amide bonds. The van der Waals surface area contributed by atoms with E-state index in [9.17, 15) is 0 Å². The Labute approximate surface area is 164 Å². The number of aliphatic imine (C=N–C) groups is 1. The Bertz CT molecular complexity index is 873. The predicted molar refractivity (Wildman–Crippen MR) is 111 cm³/mol. The lowest BCUT2D eigenvalue weighted by atomic mass is 10.1. The number of rotatable bonds is 5. The van der Waals surface area contributed by atoms with Crippen molar-refractivity contribution in [3.8, 4) is 22.9 Å². The maximum Gasteiger partial charge on any atom is 0.154 e. The average molecular weight is 382 g/mol. The molecule has 1 aliphatic carbocycles. The van der Waals surface area contributed by atoms with Crippen molar-refractivity contribution >= 4 is 17.8 Å². The van der Waals surface area contributed by atoms with Crippen molar-refractivity contribution < 1.29 is 4.74 Å². The lowest BCUT2D eigenvalue weighted by Gasteiger charge is -2.08. The van der Waals surface area contributed by atoms with Crippen molar-refractivity contribution in [3.05, 3.63) is 59.4 Å². The lowest BCUT2D eigenvalue weighted by molar-refractivity contribution is 0.482. The standard InChI is InChI=1S/C22H24ClN3O/c23-16-9-11-18(12-10-16)27-22-14-20(19-8-5-13-24-19)26-21(22)15-25-17-6-3-1-2-4-7-17/h5,8-15,17,24,26H,1-4,6-7H2. The maximum absolute atomic E-state index is 6.11. The Kier molecular flexibility index (Phi) is 5.64. The molecule has 0 atom stereocenters. The number of aromatic amines is 2. The van der Waals surface area contributed by atoms with Gasteiger partial charge >= 0.3 is 0 Å². The minimum Gasteiger partial charge on any atom is -0.455 e. The first-order valence-electron chi connectivity index (χ1n) is 9.61. The fraction of sp³-hybridized carbons (Fsp3) is 0.318. The predicted octanol–water partition coefficient (Wildman–Crippen LogP) is 6.60. The fourth-order valence-corrected chi connectivity index (χ4v) is 3.62. The third-order valence-electron chi connectivity index (χ3n) is 4.98. The highest BCUT2D eigenvalue weighted by atomic mass is 35.5. The molecule has 0 bridgehead atoms. The van der Waals surface area contributed by atoms with Gasteiger partial charge in [-0.1, -0.05) is 37.3 Å². The summed E-state index contributed by atoms with van der Waals surface area (Å²) in [7, 11) is 0. The lowest BCUT2D eigenvalue weighted by Crippen LogP contribution is -2.03. The zero-order valence-electron chi connectivity index (χ0n) is 15.2. The molecule has 1 aromatic carbocycles. The number of nitrogens with one attached hydrogen (secondary N) is 2. The normalized spacial score (nSPS) is 15.9. The van der Waals surface area contributed by atoms with Crippen molar-refractivity contribution in [1.29, 1.82) is 0 Å². The van der Waals surface area contributed by atoms with Crippen molar-refractivity contribution in [2.24, 2.45) is 4.99 Å². The Morgan fingerprint density at radius 3 is 2.48 bits per heavy atom. The van der Waals surface area contributed by atoms with Gasteiger partial charge in [0.15, 0.2) is 5.75 Å². The maximum atomic E-state index is 6.11. The molecule has 5 heteroatoms. The van der Waals surface area contributed by atoms with Gasteiger partial charge in [-0.2, -0.15) is 0 Å². The van der Waals surface area contributed by atoms with Crippen LogP contribution in [-0.4, -0.2) is 22.2 Å². The number of hydrogen-bond acceptors (Lipinski definition) is 2. The zero-order valence-corrected chi connectivity index (χ0v) is 16.0. The molecule has 1 saturated carbocycles. The summed E-state index contributed by atoms with van der Waals surface area (Å²) in [6, 6.07) is 13.8. The fourth-order valence-electron chi connectivity index (χ4n) is 3.49. The minimum atomic E-state index is 0.410. The molecule has 3 aromatic rings. The van der Waals surface area contributed by atoms with E-state index in [4.69, 9.17) is 21.3 Å². The first kappa shape index (κ1) is 17.9. The van der Waals surface area contributed by atoms with Gasteiger partial charge in [0.2, 0.25) is 0 Å². The van der Waals surface area contributed by atoms with Crippen molar-refractivity contribution in [2.45, 2.75) is 44.6 Å². The first-order chi connectivity index (χ1) is 13.3. The Balaban J connectivity index is 1.60. The van der Waals surface area contributed by atoms with Crippen LogP contribution in [0.4, 0.5) is 0 Å². The van der Waals surface area contributed by atoms with Crippen LogP contribution >= 0.6 is 11.6 Å². The quantitative estimate of drug-likeness (QED) is 0.379. The molecule has 2 aromatic heterocycles. The summed E-state index contributed by atoms with van der Waals surface area (Å²) in [5, 5.41) is 0.693. The van der Waals surface area contributed by atoms with E-state index in [1.54, 1.807) is 0 Å². The average Bonchev–Trinajstić information content (AvgIpc) is 3.27. The van der Waals surface area contributed by atoms with Crippen LogP contribution in [0.3, 0.4) is 0 Å². The molecular weight excluding hydrogens is 358 g/mol. The monoisotopic (exact) mass is 381 g/mol. The van der Waals surface area contributed by atoms with Crippen LogP contribution in [0.15, 0.2) is 53.7 Å². The van der Waals surface area contributed by atoms with E-state index in [2.05, 4.69) is 9.97 Å². The number of nitrogens with zero attached hydrogens (tertiary/aromatic N) is 1. The number of benzene rings is 1. The number of hydrogen-bond donors (Lipinski definition) is 2. The number of ether oxygens (including phenoxy) is 1. The summed E-state index contributed by atoms with van der Waals surface area (Å²) in [5.74, 6) is 1.51. The molecular formula is C22H24ClN3O. The zero-order chi connectivity index (χ0) is 18.5. The van der Waals surface area contributed by atoms with Crippen molar-refractivity contribution in [1.82, 2.24) is 9.97 Å². The largest absolute Gasteiger partial charge is 0.455 e. The summed E-state index contributed by atoms with van der Waals surface area (Å²) in [6.45, 7) is 0. The minimum absolute atomic E-state index is 0.410. The number of H-pyrrole nitrogens is 2. The molecule has 27 heavy (non-hydrogen) atoms. The second-order valence-electron chi connectivity index (χ2n) is 7.02.